The monoisotopic (exact) mass is 551 g/mol. The van der Waals surface area contributed by atoms with Crippen molar-refractivity contribution in [3.63, 3.8) is 0 Å². The van der Waals surface area contributed by atoms with Gasteiger partial charge in [-0.2, -0.15) is 18.3 Å². The number of hydrogen-bond donors (Lipinski definition) is 0. The number of benzene rings is 2. The van der Waals surface area contributed by atoms with Crippen LogP contribution in [-0.4, -0.2) is 50.4 Å². The number of hydrogen-bond acceptors (Lipinski definition) is 5. The highest BCUT2D eigenvalue weighted by Gasteiger charge is 2.40. The number of nitrogens with zero attached hydrogens (tertiary/aromatic N) is 5. The van der Waals surface area contributed by atoms with Crippen molar-refractivity contribution in [2.45, 2.75) is 45.1 Å². The Balaban J connectivity index is 1.47. The van der Waals surface area contributed by atoms with Crippen LogP contribution < -0.4 is 9.47 Å². The van der Waals surface area contributed by atoms with Gasteiger partial charge in [0.25, 0.3) is 5.91 Å². The average Bonchev–Trinajstić information content (AvgIpc) is 3.63. The van der Waals surface area contributed by atoms with Crippen molar-refractivity contribution in [2.75, 3.05) is 20.3 Å². The Bertz CT molecular complexity index is 1560. The van der Waals surface area contributed by atoms with Gasteiger partial charge in [-0.3, -0.25) is 9.48 Å². The van der Waals surface area contributed by atoms with Crippen LogP contribution in [0.1, 0.15) is 52.1 Å². The number of aromatic nitrogens is 4. The molecule has 4 heterocycles. The van der Waals surface area contributed by atoms with Crippen molar-refractivity contribution in [1.82, 2.24) is 24.2 Å². The van der Waals surface area contributed by atoms with Crippen LogP contribution in [-0.2, 0) is 25.7 Å². The normalized spacial score (nSPS) is 16.9. The third kappa shape index (κ3) is 4.59. The molecule has 0 saturated carbocycles. The number of rotatable bonds is 6. The van der Waals surface area contributed by atoms with Crippen LogP contribution in [0, 0.1) is 0 Å². The number of ether oxygens (including phenoxy) is 2. The van der Waals surface area contributed by atoms with E-state index >= 15 is 0 Å². The maximum absolute atomic E-state index is 14.2. The van der Waals surface area contributed by atoms with Crippen LogP contribution in [0.3, 0.4) is 0 Å². The molecule has 0 N–H and O–H groups in total. The Labute approximate surface area is 228 Å². The van der Waals surface area contributed by atoms with E-state index in [1.165, 1.54) is 10.9 Å². The van der Waals surface area contributed by atoms with Gasteiger partial charge in [-0.25, -0.2) is 4.98 Å². The first kappa shape index (κ1) is 26.0. The summed E-state index contributed by atoms with van der Waals surface area (Å²) in [6.45, 7) is 3.21. The lowest BCUT2D eigenvalue weighted by molar-refractivity contribution is -0.141. The van der Waals surface area contributed by atoms with Gasteiger partial charge in [0.2, 0.25) is 0 Å². The van der Waals surface area contributed by atoms with Crippen molar-refractivity contribution < 1.29 is 27.4 Å². The van der Waals surface area contributed by atoms with E-state index in [1.54, 1.807) is 44.9 Å². The van der Waals surface area contributed by atoms with Crippen LogP contribution in [0.4, 0.5) is 13.2 Å². The number of halogens is 3. The lowest BCUT2D eigenvalue weighted by Gasteiger charge is -2.39. The van der Waals surface area contributed by atoms with Gasteiger partial charge in [0, 0.05) is 61.3 Å². The quantitative estimate of drug-likeness (QED) is 0.323. The molecule has 0 radical (unpaired) electrons. The topological polar surface area (TPSA) is 74.4 Å². The maximum Gasteiger partial charge on any atom is 0.435 e. The Morgan fingerprint density at radius 2 is 1.98 bits per heavy atom. The number of carbonyl (C=O) groups excluding carboxylic acids is 1. The van der Waals surface area contributed by atoms with E-state index in [4.69, 9.17) is 9.47 Å². The second-order valence-corrected chi connectivity index (χ2v) is 9.95. The molecule has 208 valence electrons. The Hall–Kier alpha value is -4.28. The SMILES string of the molecule is CCn1cc(-c2cc(Cn3ccnc3)cc3c2CCN(C2CCOc4ccc(OC)cc42)C3=O)c(C(F)(F)F)n1. The van der Waals surface area contributed by atoms with Crippen molar-refractivity contribution in [1.29, 1.82) is 0 Å². The summed E-state index contributed by atoms with van der Waals surface area (Å²) in [5.74, 6) is 1.15. The minimum atomic E-state index is -4.64. The third-order valence-corrected chi connectivity index (χ3v) is 7.57. The second-order valence-electron chi connectivity index (χ2n) is 9.95. The largest absolute Gasteiger partial charge is 0.497 e. The molecule has 2 aliphatic rings. The Morgan fingerprint density at radius 3 is 2.70 bits per heavy atom. The highest BCUT2D eigenvalue weighted by molar-refractivity contribution is 5.99. The van der Waals surface area contributed by atoms with E-state index < -0.39 is 11.9 Å². The molecule has 40 heavy (non-hydrogen) atoms. The number of fused-ring (bicyclic) bond motifs is 2. The molecule has 2 aromatic carbocycles. The minimum Gasteiger partial charge on any atom is -0.497 e. The molecular formula is C29H28F3N5O3. The van der Waals surface area contributed by atoms with Crippen LogP contribution >= 0.6 is 0 Å². The lowest BCUT2D eigenvalue weighted by atomic mass is 9.86. The van der Waals surface area contributed by atoms with E-state index in [9.17, 15) is 18.0 Å². The fourth-order valence-electron chi connectivity index (χ4n) is 5.70. The van der Waals surface area contributed by atoms with E-state index in [1.807, 2.05) is 27.7 Å². The molecule has 0 saturated heterocycles. The number of amides is 1. The first-order chi connectivity index (χ1) is 19.3. The van der Waals surface area contributed by atoms with Crippen molar-refractivity contribution in [2.24, 2.45) is 0 Å². The molecule has 6 rings (SSSR count). The summed E-state index contributed by atoms with van der Waals surface area (Å²) in [4.78, 5) is 20.0. The lowest BCUT2D eigenvalue weighted by Crippen LogP contribution is -2.42. The van der Waals surface area contributed by atoms with Crippen LogP contribution in [0.2, 0.25) is 0 Å². The Morgan fingerprint density at radius 1 is 1.15 bits per heavy atom. The second kappa shape index (κ2) is 10.0. The summed E-state index contributed by atoms with van der Waals surface area (Å²) in [6.07, 6.45) is 2.84. The standard InChI is InChI=1S/C29H28F3N5O3/c1-3-36-16-24(27(34-36)29(30,31)32)21-12-18(15-35-10-8-33-17-35)13-22-20(21)6-9-37(28(22)38)25-7-11-40-26-5-4-19(39-2)14-23(25)26/h4-5,8,10,12-14,16-17,25H,3,6-7,9,11,15H2,1-2H3. The van der Waals surface area contributed by atoms with Gasteiger partial charge >= 0.3 is 6.18 Å². The minimum absolute atomic E-state index is 0.0134. The zero-order valence-electron chi connectivity index (χ0n) is 22.1. The molecule has 8 nitrogen and oxygen atoms in total. The molecular weight excluding hydrogens is 523 g/mol. The van der Waals surface area contributed by atoms with E-state index in [-0.39, 0.29) is 17.5 Å². The highest BCUT2D eigenvalue weighted by atomic mass is 19.4. The predicted octanol–water partition coefficient (Wildman–Crippen LogP) is 5.36. The summed E-state index contributed by atoms with van der Waals surface area (Å²) in [7, 11) is 1.59. The van der Waals surface area contributed by atoms with Crippen LogP contribution in [0.5, 0.6) is 11.5 Å². The molecule has 4 aromatic rings. The van der Waals surface area contributed by atoms with Crippen LogP contribution in [0.15, 0.2) is 55.2 Å². The molecule has 0 bridgehead atoms. The molecule has 2 aromatic heterocycles. The maximum atomic E-state index is 14.2. The van der Waals surface area contributed by atoms with Gasteiger partial charge in [0.05, 0.1) is 26.1 Å². The van der Waals surface area contributed by atoms with Gasteiger partial charge in [-0.15, -0.1) is 0 Å². The first-order valence-corrected chi connectivity index (χ1v) is 13.1. The van der Waals surface area contributed by atoms with Crippen LogP contribution in [0.25, 0.3) is 11.1 Å². The number of carbonyl (C=O) groups is 1. The summed E-state index contributed by atoms with van der Waals surface area (Å²) in [5.41, 5.74) is 2.01. The first-order valence-electron chi connectivity index (χ1n) is 13.1. The zero-order valence-corrected chi connectivity index (χ0v) is 22.1. The molecule has 0 aliphatic carbocycles. The number of methoxy groups -OCH3 is 1. The number of alkyl halides is 3. The van der Waals surface area contributed by atoms with Crippen molar-refractivity contribution >= 4 is 5.91 Å². The summed E-state index contributed by atoms with van der Waals surface area (Å²) in [5, 5.41) is 3.83. The zero-order chi connectivity index (χ0) is 28.0. The highest BCUT2D eigenvalue weighted by Crippen LogP contribution is 2.43. The molecule has 1 atom stereocenters. The van der Waals surface area contributed by atoms with Crippen molar-refractivity contribution in [3.05, 3.63) is 83.2 Å². The summed E-state index contributed by atoms with van der Waals surface area (Å²) < 4.78 is 56.7. The average molecular weight is 552 g/mol. The van der Waals surface area contributed by atoms with E-state index in [0.717, 1.165) is 5.56 Å². The third-order valence-electron chi connectivity index (χ3n) is 7.57. The van der Waals surface area contributed by atoms with Gasteiger partial charge in [-0.05, 0) is 60.4 Å². The van der Waals surface area contributed by atoms with Gasteiger partial charge in [-0.1, -0.05) is 0 Å². The van der Waals surface area contributed by atoms with Gasteiger partial charge in [0.1, 0.15) is 11.5 Å². The smallest absolute Gasteiger partial charge is 0.435 e. The summed E-state index contributed by atoms with van der Waals surface area (Å²) in [6, 6.07) is 8.86. The molecule has 0 fully saturated rings. The molecule has 11 heteroatoms. The molecule has 1 amide bonds. The van der Waals surface area contributed by atoms with E-state index in [0.29, 0.717) is 72.8 Å². The fourth-order valence-corrected chi connectivity index (χ4v) is 5.70. The van der Waals surface area contributed by atoms with Gasteiger partial charge in [0.15, 0.2) is 5.69 Å². The van der Waals surface area contributed by atoms with Crippen molar-refractivity contribution in [3.8, 4) is 22.6 Å². The Kier molecular flexibility index (Phi) is 6.52. The summed E-state index contributed by atoms with van der Waals surface area (Å²) >= 11 is 0. The fraction of sp³-hybridized carbons (Fsp3) is 0.345. The number of aryl methyl sites for hydroxylation is 1. The predicted molar refractivity (Wildman–Crippen MR) is 140 cm³/mol. The van der Waals surface area contributed by atoms with Gasteiger partial charge < -0.3 is 18.9 Å². The van der Waals surface area contributed by atoms with E-state index in [2.05, 4.69) is 10.1 Å². The molecule has 0 spiro atoms. The molecule has 2 aliphatic heterocycles. The number of imidazole rings is 1. The molecule has 1 unspecified atom stereocenters.